The Labute approximate surface area is 136 Å². The van der Waals surface area contributed by atoms with Crippen molar-refractivity contribution in [3.63, 3.8) is 0 Å². The van der Waals surface area contributed by atoms with Crippen molar-refractivity contribution < 1.29 is 0 Å². The number of imidazole rings is 1. The molecule has 118 valence electrons. The molecule has 0 N–H and O–H groups in total. The third-order valence-electron chi connectivity index (χ3n) is 5.01. The van der Waals surface area contributed by atoms with E-state index in [-0.39, 0.29) is 0 Å². The molecule has 2 saturated heterocycles. The second kappa shape index (κ2) is 6.20. The number of nitrogens with zero attached hydrogens (tertiary/aromatic N) is 4. The van der Waals surface area contributed by atoms with Crippen molar-refractivity contribution in [2.75, 3.05) is 25.4 Å². The highest BCUT2D eigenvalue weighted by Crippen LogP contribution is 2.40. The SMILES string of the molecule is CCN1CCC(Cn2c(C3CCCS3)nc3cccnc32)C1. The van der Waals surface area contributed by atoms with Crippen LogP contribution in [-0.2, 0) is 6.54 Å². The van der Waals surface area contributed by atoms with Crippen LogP contribution in [0.2, 0.25) is 0 Å². The molecule has 4 heterocycles. The van der Waals surface area contributed by atoms with Gasteiger partial charge in [0.25, 0.3) is 0 Å². The Kier molecular flexibility index (Phi) is 4.09. The van der Waals surface area contributed by atoms with E-state index in [1.54, 1.807) is 0 Å². The van der Waals surface area contributed by atoms with Crippen molar-refractivity contribution in [3.8, 4) is 0 Å². The van der Waals surface area contributed by atoms with Crippen LogP contribution in [-0.4, -0.2) is 44.8 Å². The predicted molar refractivity (Wildman–Crippen MR) is 92.2 cm³/mol. The number of thioether (sulfide) groups is 1. The molecule has 2 aromatic heterocycles. The number of aromatic nitrogens is 3. The van der Waals surface area contributed by atoms with E-state index >= 15 is 0 Å². The molecule has 5 heteroatoms. The van der Waals surface area contributed by atoms with Gasteiger partial charge < -0.3 is 9.47 Å². The Hall–Kier alpha value is -1.07. The van der Waals surface area contributed by atoms with Gasteiger partial charge in [-0.1, -0.05) is 6.92 Å². The van der Waals surface area contributed by atoms with Gasteiger partial charge in [0.2, 0.25) is 0 Å². The van der Waals surface area contributed by atoms with E-state index in [1.807, 2.05) is 12.3 Å². The molecule has 4 nitrogen and oxygen atoms in total. The minimum absolute atomic E-state index is 0.567. The molecule has 0 amide bonds. The lowest BCUT2D eigenvalue weighted by molar-refractivity contribution is 0.332. The summed E-state index contributed by atoms with van der Waals surface area (Å²) in [4.78, 5) is 12.1. The zero-order valence-electron chi connectivity index (χ0n) is 13.2. The summed E-state index contributed by atoms with van der Waals surface area (Å²) in [5.74, 6) is 3.28. The van der Waals surface area contributed by atoms with Crippen molar-refractivity contribution in [2.24, 2.45) is 5.92 Å². The molecule has 0 radical (unpaired) electrons. The van der Waals surface area contributed by atoms with Gasteiger partial charge in [0.1, 0.15) is 11.3 Å². The first kappa shape index (κ1) is 14.5. The fourth-order valence-electron chi connectivity index (χ4n) is 3.79. The third-order valence-corrected chi connectivity index (χ3v) is 6.38. The Balaban J connectivity index is 1.66. The van der Waals surface area contributed by atoms with Gasteiger partial charge in [-0.15, -0.1) is 0 Å². The standard InChI is InChI=1S/C17H24N4S/c1-2-20-9-7-13(11-20)12-21-16-14(5-3-8-18-16)19-17(21)15-6-4-10-22-15/h3,5,8,13,15H,2,4,6-7,9-12H2,1H3. The lowest BCUT2D eigenvalue weighted by atomic mass is 10.1. The Bertz CT molecular complexity index is 647. The molecule has 0 aliphatic carbocycles. The predicted octanol–water partition coefficient (Wildman–Crippen LogP) is 3.34. The zero-order valence-corrected chi connectivity index (χ0v) is 14.1. The van der Waals surface area contributed by atoms with Gasteiger partial charge in [0.15, 0.2) is 5.65 Å². The molecular weight excluding hydrogens is 292 g/mol. The number of hydrogen-bond donors (Lipinski definition) is 0. The van der Waals surface area contributed by atoms with Crippen LogP contribution < -0.4 is 0 Å². The summed E-state index contributed by atoms with van der Waals surface area (Å²) < 4.78 is 2.43. The van der Waals surface area contributed by atoms with Gasteiger partial charge in [-0.25, -0.2) is 9.97 Å². The van der Waals surface area contributed by atoms with E-state index in [9.17, 15) is 0 Å². The van der Waals surface area contributed by atoms with E-state index in [4.69, 9.17) is 4.98 Å². The molecule has 2 unspecified atom stereocenters. The van der Waals surface area contributed by atoms with Gasteiger partial charge in [-0.2, -0.15) is 11.8 Å². The normalized spacial score (nSPS) is 26.2. The molecular formula is C17H24N4S. The van der Waals surface area contributed by atoms with Gasteiger partial charge in [-0.05, 0) is 56.2 Å². The van der Waals surface area contributed by atoms with E-state index in [0.717, 1.165) is 23.6 Å². The average Bonchev–Trinajstić information content (AvgIpc) is 3.27. The Morgan fingerprint density at radius 1 is 1.36 bits per heavy atom. The zero-order chi connectivity index (χ0) is 14.9. The van der Waals surface area contributed by atoms with Crippen molar-refractivity contribution in [1.82, 2.24) is 19.4 Å². The second-order valence-electron chi connectivity index (χ2n) is 6.48. The molecule has 0 bridgehead atoms. The number of fused-ring (bicyclic) bond motifs is 1. The second-order valence-corrected chi connectivity index (χ2v) is 7.79. The first-order valence-corrected chi connectivity index (χ1v) is 9.55. The lowest BCUT2D eigenvalue weighted by Gasteiger charge is -2.17. The minimum atomic E-state index is 0.567. The summed E-state index contributed by atoms with van der Waals surface area (Å²) >= 11 is 2.07. The van der Waals surface area contributed by atoms with Crippen LogP contribution in [0.15, 0.2) is 18.3 Å². The summed E-state index contributed by atoms with van der Waals surface area (Å²) in [5.41, 5.74) is 2.15. The number of likely N-dealkylation sites (tertiary alicyclic amines) is 1. The number of hydrogen-bond acceptors (Lipinski definition) is 4. The summed E-state index contributed by atoms with van der Waals surface area (Å²) in [6.07, 6.45) is 5.79. The molecule has 2 fully saturated rings. The summed E-state index contributed by atoms with van der Waals surface area (Å²) in [7, 11) is 0. The average molecular weight is 316 g/mol. The molecule has 2 aromatic rings. The molecule has 2 atom stereocenters. The van der Waals surface area contributed by atoms with E-state index in [1.165, 1.54) is 50.5 Å². The fraction of sp³-hybridized carbons (Fsp3) is 0.647. The van der Waals surface area contributed by atoms with Gasteiger partial charge in [0, 0.05) is 19.3 Å². The van der Waals surface area contributed by atoms with Crippen LogP contribution in [0.25, 0.3) is 11.2 Å². The van der Waals surface area contributed by atoms with Crippen molar-refractivity contribution in [2.45, 2.75) is 38.0 Å². The maximum atomic E-state index is 4.94. The van der Waals surface area contributed by atoms with Crippen LogP contribution in [0.4, 0.5) is 0 Å². The monoisotopic (exact) mass is 316 g/mol. The first-order valence-electron chi connectivity index (χ1n) is 8.50. The van der Waals surface area contributed by atoms with E-state index in [2.05, 4.69) is 39.2 Å². The fourth-order valence-corrected chi connectivity index (χ4v) is 5.07. The van der Waals surface area contributed by atoms with Gasteiger partial charge in [0.05, 0.1) is 5.25 Å². The van der Waals surface area contributed by atoms with Crippen LogP contribution in [0, 0.1) is 5.92 Å². The van der Waals surface area contributed by atoms with Crippen LogP contribution in [0.1, 0.15) is 37.3 Å². The lowest BCUT2D eigenvalue weighted by Crippen LogP contribution is -2.22. The quantitative estimate of drug-likeness (QED) is 0.866. The summed E-state index contributed by atoms with van der Waals surface area (Å²) in [5, 5.41) is 0.567. The molecule has 2 aliphatic rings. The van der Waals surface area contributed by atoms with Crippen molar-refractivity contribution in [3.05, 3.63) is 24.2 Å². The van der Waals surface area contributed by atoms with Crippen molar-refractivity contribution in [1.29, 1.82) is 0 Å². The Morgan fingerprint density at radius 2 is 2.32 bits per heavy atom. The van der Waals surface area contributed by atoms with Crippen molar-refractivity contribution >= 4 is 22.9 Å². The van der Waals surface area contributed by atoms with Crippen LogP contribution in [0.5, 0.6) is 0 Å². The minimum Gasteiger partial charge on any atom is -0.311 e. The first-order chi connectivity index (χ1) is 10.8. The Morgan fingerprint density at radius 3 is 3.09 bits per heavy atom. The molecule has 0 aromatic carbocycles. The molecule has 0 saturated carbocycles. The summed E-state index contributed by atoms with van der Waals surface area (Å²) in [6, 6.07) is 4.11. The highest BCUT2D eigenvalue weighted by Gasteiger charge is 2.28. The third kappa shape index (κ3) is 2.65. The van der Waals surface area contributed by atoms with Crippen LogP contribution in [0.3, 0.4) is 0 Å². The maximum Gasteiger partial charge on any atom is 0.160 e. The highest BCUT2D eigenvalue weighted by molar-refractivity contribution is 7.99. The van der Waals surface area contributed by atoms with E-state index in [0.29, 0.717) is 5.25 Å². The molecule has 0 spiro atoms. The number of pyridine rings is 1. The molecule has 2 aliphatic heterocycles. The topological polar surface area (TPSA) is 34.0 Å². The molecule has 4 rings (SSSR count). The van der Waals surface area contributed by atoms with Gasteiger partial charge in [-0.3, -0.25) is 0 Å². The smallest absolute Gasteiger partial charge is 0.160 e. The highest BCUT2D eigenvalue weighted by atomic mass is 32.2. The molecule has 22 heavy (non-hydrogen) atoms. The summed E-state index contributed by atoms with van der Waals surface area (Å²) in [6.45, 7) is 6.98. The van der Waals surface area contributed by atoms with Gasteiger partial charge >= 0.3 is 0 Å². The van der Waals surface area contributed by atoms with E-state index < -0.39 is 0 Å². The van der Waals surface area contributed by atoms with Crippen LogP contribution >= 0.6 is 11.8 Å². The largest absolute Gasteiger partial charge is 0.311 e. The number of rotatable bonds is 4. The maximum absolute atomic E-state index is 4.94.